The van der Waals surface area contributed by atoms with E-state index in [1.54, 1.807) is 4.74 Å². The van der Waals surface area contributed by atoms with Gasteiger partial charge < -0.3 is 0 Å². The van der Waals surface area contributed by atoms with Gasteiger partial charge in [0.25, 0.3) is 0 Å². The largest absolute Gasteiger partial charge is 0.434 e. The van der Waals surface area contributed by atoms with Gasteiger partial charge in [-0.25, -0.2) is 4.74 Å². The topological polar surface area (TPSA) is 43.4 Å². The Kier molecular flexibility index (Phi) is 4.27. The lowest BCUT2D eigenvalue weighted by atomic mass is 10.3. The molecule has 112 valence electrons. The van der Waals surface area contributed by atoms with Crippen LogP contribution in [-0.2, 0) is 14.3 Å². The molecule has 13 heteroatoms. The van der Waals surface area contributed by atoms with E-state index in [0.717, 1.165) is 0 Å². The highest BCUT2D eigenvalue weighted by atomic mass is 19.3. The Morgan fingerprint density at radius 1 is 0.632 bits per heavy atom. The average molecular weight is 310 g/mol. The lowest BCUT2D eigenvalue weighted by molar-refractivity contribution is -0.454. The Labute approximate surface area is 95.7 Å². The van der Waals surface area contributed by atoms with Gasteiger partial charge >= 0.3 is 36.1 Å². The molecule has 0 unspecified atom stereocenters. The van der Waals surface area contributed by atoms with Crippen molar-refractivity contribution in [3.63, 3.8) is 0 Å². The molecule has 0 amide bonds. The summed E-state index contributed by atoms with van der Waals surface area (Å²) in [6.07, 6.45) is -13.5. The third-order valence-electron chi connectivity index (χ3n) is 1.48. The summed E-state index contributed by atoms with van der Waals surface area (Å²) < 4.78 is 122. The first-order chi connectivity index (χ1) is 8.09. The summed E-state index contributed by atoms with van der Waals surface area (Å²) in [5.41, 5.74) is 0. The van der Waals surface area contributed by atoms with Crippen LogP contribution in [0.25, 0.3) is 0 Å². The van der Waals surface area contributed by atoms with E-state index in [1.165, 1.54) is 0 Å². The molecule has 19 heavy (non-hydrogen) atoms. The van der Waals surface area contributed by atoms with Gasteiger partial charge in [-0.3, -0.25) is 9.59 Å². The highest BCUT2D eigenvalue weighted by Crippen LogP contribution is 2.45. The highest BCUT2D eigenvalue weighted by Gasteiger charge is 2.74. The molecule has 0 saturated carbocycles. The molecule has 0 radical (unpaired) electrons. The first kappa shape index (κ1) is 17.6. The van der Waals surface area contributed by atoms with Gasteiger partial charge in [0.1, 0.15) is 0 Å². The third kappa shape index (κ3) is 2.96. The van der Waals surface area contributed by atoms with Gasteiger partial charge in [0.05, 0.1) is 0 Å². The number of rotatable bonds is 6. The van der Waals surface area contributed by atoms with Crippen molar-refractivity contribution in [1.29, 1.82) is 0 Å². The number of hydrogen-bond acceptors (Lipinski definition) is 3. The van der Waals surface area contributed by atoms with Gasteiger partial charge in [-0.05, 0) is 0 Å². The molecule has 0 aromatic rings. The third-order valence-corrected chi connectivity index (χ3v) is 1.48. The zero-order valence-electron chi connectivity index (χ0n) is 8.00. The second-order valence-electron chi connectivity index (χ2n) is 2.83. The molecule has 0 N–H and O–H groups in total. The van der Waals surface area contributed by atoms with Crippen LogP contribution >= 0.6 is 0 Å². The molecule has 0 aliphatic heterocycles. The molecule has 0 saturated heterocycles. The molecule has 0 atom stereocenters. The van der Waals surface area contributed by atoms with E-state index < -0.39 is 36.1 Å². The van der Waals surface area contributed by atoms with Crippen molar-refractivity contribution in [2.75, 3.05) is 0 Å². The van der Waals surface area contributed by atoms with Gasteiger partial charge in [0.15, 0.2) is 0 Å². The fraction of sp³-hybridized carbons (Fsp3) is 0.667. The van der Waals surface area contributed by atoms with Gasteiger partial charge in [-0.15, -0.1) is 0 Å². The van der Waals surface area contributed by atoms with Crippen LogP contribution in [0.3, 0.4) is 0 Å². The van der Waals surface area contributed by atoms with Crippen LogP contribution in [0.15, 0.2) is 0 Å². The summed E-state index contributed by atoms with van der Waals surface area (Å²) in [6, 6.07) is -8.36. The maximum Gasteiger partial charge on any atom is 0.434 e. The van der Waals surface area contributed by atoms with Crippen molar-refractivity contribution in [3.05, 3.63) is 0 Å². The Morgan fingerprint density at radius 3 is 1.00 bits per heavy atom. The first-order valence-electron chi connectivity index (χ1n) is 3.71. The van der Waals surface area contributed by atoms with Crippen molar-refractivity contribution in [1.82, 2.24) is 0 Å². The smallest absolute Gasteiger partial charge is 0.254 e. The van der Waals surface area contributed by atoms with Crippen molar-refractivity contribution < 1.29 is 58.2 Å². The first-order valence-corrected chi connectivity index (χ1v) is 3.71. The zero-order chi connectivity index (χ0) is 15.9. The average Bonchev–Trinajstić information content (AvgIpc) is 2.14. The Hall–Kier alpha value is -1.40. The second-order valence-corrected chi connectivity index (χ2v) is 2.83. The Balaban J connectivity index is 5.45. The highest BCUT2D eigenvalue weighted by molar-refractivity contribution is 5.78. The predicted octanol–water partition coefficient (Wildman–Crippen LogP) is 2.45. The zero-order valence-corrected chi connectivity index (χ0v) is 8.00. The molecule has 0 rings (SSSR count). The molecule has 0 aliphatic carbocycles. The number of ether oxygens (including phenoxy) is 1. The molecule has 0 heterocycles. The molecule has 0 spiro atoms. The molecular weight excluding hydrogens is 310 g/mol. The molecule has 0 fully saturated rings. The summed E-state index contributed by atoms with van der Waals surface area (Å²) in [6.45, 7) is 0. The van der Waals surface area contributed by atoms with E-state index in [9.17, 15) is 53.5 Å². The number of alkyl halides is 8. The molecule has 0 aliphatic rings. The van der Waals surface area contributed by atoms with Crippen LogP contribution in [0, 0.1) is 0 Å². The molecular formula is C6F10O3. The fourth-order valence-electron chi connectivity index (χ4n) is 0.518. The van der Waals surface area contributed by atoms with E-state index in [4.69, 9.17) is 0 Å². The molecule has 3 nitrogen and oxygen atoms in total. The minimum absolute atomic E-state index is 1.59. The van der Waals surface area contributed by atoms with E-state index in [1.807, 2.05) is 0 Å². The monoisotopic (exact) mass is 310 g/mol. The standard InChI is InChI=1S/C6F10O3/c7-1(17)3(9,10)5(13,14)19-6(15,16)4(11,12)2(8)18. The molecule has 0 aromatic heterocycles. The summed E-state index contributed by atoms with van der Waals surface area (Å²) in [5.74, 6) is -13.1. The van der Waals surface area contributed by atoms with Crippen LogP contribution in [0.5, 0.6) is 0 Å². The number of hydrogen-bond donors (Lipinski definition) is 0. The van der Waals surface area contributed by atoms with Crippen LogP contribution in [0.4, 0.5) is 43.9 Å². The number of carbonyl (C=O) groups excluding carboxylic acids is 2. The van der Waals surface area contributed by atoms with E-state index >= 15 is 0 Å². The normalized spacial score (nSPS) is 14.4. The summed E-state index contributed by atoms with van der Waals surface area (Å²) >= 11 is 0. The fourth-order valence-corrected chi connectivity index (χ4v) is 0.518. The Morgan fingerprint density at radius 2 is 0.842 bits per heavy atom. The van der Waals surface area contributed by atoms with Crippen molar-refractivity contribution in [2.45, 2.75) is 24.1 Å². The van der Waals surface area contributed by atoms with Crippen LogP contribution in [-0.4, -0.2) is 36.1 Å². The Bertz CT molecular complexity index is 353. The van der Waals surface area contributed by atoms with Gasteiger partial charge in [-0.2, -0.15) is 43.9 Å². The van der Waals surface area contributed by atoms with Crippen LogP contribution in [0.1, 0.15) is 0 Å². The van der Waals surface area contributed by atoms with Crippen molar-refractivity contribution in [3.8, 4) is 0 Å². The SMILES string of the molecule is O=C(F)C(F)(F)C(F)(F)OC(F)(F)C(F)(F)C(=O)F. The summed E-state index contributed by atoms with van der Waals surface area (Å²) in [5, 5.41) is 0. The van der Waals surface area contributed by atoms with Crippen LogP contribution in [0.2, 0.25) is 0 Å². The maximum atomic E-state index is 12.3. The van der Waals surface area contributed by atoms with Crippen LogP contribution < -0.4 is 0 Å². The molecule has 0 aromatic carbocycles. The van der Waals surface area contributed by atoms with E-state index in [2.05, 4.69) is 0 Å². The summed E-state index contributed by atoms with van der Waals surface area (Å²) in [7, 11) is 0. The van der Waals surface area contributed by atoms with Crippen molar-refractivity contribution in [2.24, 2.45) is 0 Å². The van der Waals surface area contributed by atoms with Gasteiger partial charge in [0, 0.05) is 0 Å². The molecule has 0 bridgehead atoms. The second kappa shape index (κ2) is 4.61. The quantitative estimate of drug-likeness (QED) is 0.559. The maximum absolute atomic E-state index is 12.3. The minimum atomic E-state index is -6.76. The van der Waals surface area contributed by atoms with Crippen molar-refractivity contribution >= 4 is 12.1 Å². The van der Waals surface area contributed by atoms with Gasteiger partial charge in [0.2, 0.25) is 0 Å². The minimum Gasteiger partial charge on any atom is -0.254 e. The summed E-state index contributed by atoms with van der Waals surface area (Å²) in [4.78, 5) is 18.9. The van der Waals surface area contributed by atoms with E-state index in [-0.39, 0.29) is 0 Å². The van der Waals surface area contributed by atoms with E-state index in [0.29, 0.717) is 0 Å². The lowest BCUT2D eigenvalue weighted by Gasteiger charge is -2.29. The predicted molar refractivity (Wildman–Crippen MR) is 33.1 cm³/mol. The van der Waals surface area contributed by atoms with Gasteiger partial charge in [-0.1, -0.05) is 0 Å². The number of carbonyl (C=O) groups is 2. The lowest BCUT2D eigenvalue weighted by Crippen LogP contribution is -2.57. The number of halogens is 10.